The Balaban J connectivity index is 1.90. The number of thiocarbonyl (C=S) groups is 2. The van der Waals surface area contributed by atoms with E-state index in [1.165, 1.54) is 6.07 Å². The van der Waals surface area contributed by atoms with E-state index < -0.39 is 5.82 Å². The molecule has 0 aliphatic rings. The number of halogens is 2. The van der Waals surface area contributed by atoms with Crippen LogP contribution in [0.15, 0.2) is 36.4 Å². The highest BCUT2D eigenvalue weighted by Gasteiger charge is 2.08. The third-order valence-corrected chi connectivity index (χ3v) is 3.79. The highest BCUT2D eigenvalue weighted by molar-refractivity contribution is 7.81. The molecule has 24 heavy (non-hydrogen) atoms. The maximum absolute atomic E-state index is 13.5. The number of nitrogens with one attached hydrogen (secondary N) is 4. The summed E-state index contributed by atoms with van der Waals surface area (Å²) in [5, 5.41) is 6.76. The Kier molecular flexibility index (Phi) is 6.30. The normalized spacial score (nSPS) is 10.0. The van der Waals surface area contributed by atoms with E-state index in [0.29, 0.717) is 5.02 Å². The van der Waals surface area contributed by atoms with Crippen molar-refractivity contribution in [1.82, 2.24) is 10.9 Å². The van der Waals surface area contributed by atoms with Gasteiger partial charge >= 0.3 is 0 Å². The van der Waals surface area contributed by atoms with Crippen molar-refractivity contribution in [2.45, 2.75) is 13.8 Å². The Morgan fingerprint density at radius 2 is 1.62 bits per heavy atom. The number of hydrogen-bond acceptors (Lipinski definition) is 2. The van der Waals surface area contributed by atoms with Gasteiger partial charge in [0.25, 0.3) is 0 Å². The van der Waals surface area contributed by atoms with Gasteiger partial charge in [-0.1, -0.05) is 29.8 Å². The average Bonchev–Trinajstić information content (AvgIpc) is 2.51. The second-order valence-corrected chi connectivity index (χ2v) is 6.30. The van der Waals surface area contributed by atoms with Crippen LogP contribution in [0, 0.1) is 19.7 Å². The summed E-state index contributed by atoms with van der Waals surface area (Å²) < 4.78 is 13.5. The molecule has 0 atom stereocenters. The first kappa shape index (κ1) is 18.4. The fourth-order valence-corrected chi connectivity index (χ4v) is 2.73. The summed E-state index contributed by atoms with van der Waals surface area (Å²) >= 11 is 16.5. The third kappa shape index (κ3) is 5.02. The van der Waals surface area contributed by atoms with Crippen LogP contribution < -0.4 is 21.5 Å². The molecule has 0 fully saturated rings. The molecule has 0 amide bonds. The van der Waals surface area contributed by atoms with E-state index in [0.717, 1.165) is 16.8 Å². The van der Waals surface area contributed by atoms with Gasteiger partial charge in [0.15, 0.2) is 10.2 Å². The van der Waals surface area contributed by atoms with Gasteiger partial charge in [0.05, 0.1) is 16.4 Å². The van der Waals surface area contributed by atoms with Crippen LogP contribution in [-0.4, -0.2) is 10.2 Å². The van der Waals surface area contributed by atoms with Crippen LogP contribution in [0.4, 0.5) is 15.8 Å². The molecule has 0 unspecified atom stereocenters. The first-order chi connectivity index (χ1) is 11.4. The van der Waals surface area contributed by atoms with Crippen LogP contribution in [0.3, 0.4) is 0 Å². The van der Waals surface area contributed by atoms with Gasteiger partial charge in [-0.05, 0) is 67.6 Å². The van der Waals surface area contributed by atoms with Gasteiger partial charge in [-0.15, -0.1) is 0 Å². The van der Waals surface area contributed by atoms with Crippen molar-refractivity contribution in [3.05, 3.63) is 58.4 Å². The monoisotopic (exact) mass is 382 g/mol. The molecule has 4 N–H and O–H groups in total. The Bertz CT molecular complexity index is 759. The van der Waals surface area contributed by atoms with Crippen LogP contribution in [-0.2, 0) is 0 Å². The van der Waals surface area contributed by atoms with Gasteiger partial charge < -0.3 is 10.6 Å². The standard InChI is InChI=1S/C16H16ClFN4S2/c1-9-7-10(2)14(11(17)8-9)20-16(24)22-21-15(23)19-13-6-4-3-5-12(13)18/h3-8H,1-2H3,(H2,19,21,23)(H2,20,22,24). The maximum Gasteiger partial charge on any atom is 0.189 e. The van der Waals surface area contributed by atoms with Crippen LogP contribution in [0.1, 0.15) is 11.1 Å². The van der Waals surface area contributed by atoms with E-state index in [-0.39, 0.29) is 15.9 Å². The Labute approximate surface area is 155 Å². The molecule has 2 aromatic rings. The predicted octanol–water partition coefficient (Wildman–Crippen LogP) is 4.28. The van der Waals surface area contributed by atoms with Crippen LogP contribution in [0.2, 0.25) is 5.02 Å². The zero-order chi connectivity index (χ0) is 17.7. The second-order valence-electron chi connectivity index (χ2n) is 5.08. The molecule has 0 heterocycles. The lowest BCUT2D eigenvalue weighted by molar-refractivity contribution is 0.632. The summed E-state index contributed by atoms with van der Waals surface area (Å²) in [6.45, 7) is 3.90. The molecule has 2 rings (SSSR count). The predicted molar refractivity (Wildman–Crippen MR) is 106 cm³/mol. The van der Waals surface area contributed by atoms with E-state index in [9.17, 15) is 4.39 Å². The molecule has 0 spiro atoms. The zero-order valence-corrected chi connectivity index (χ0v) is 15.4. The maximum atomic E-state index is 13.5. The number of para-hydroxylation sites is 1. The quantitative estimate of drug-likeness (QED) is 0.459. The molecule has 4 nitrogen and oxygen atoms in total. The van der Waals surface area contributed by atoms with Gasteiger partial charge in [0.2, 0.25) is 0 Å². The molecule has 8 heteroatoms. The van der Waals surface area contributed by atoms with E-state index in [4.69, 9.17) is 36.0 Å². The van der Waals surface area contributed by atoms with Crippen molar-refractivity contribution in [3.8, 4) is 0 Å². The SMILES string of the molecule is Cc1cc(C)c(NC(=S)NNC(=S)Nc2ccccc2F)c(Cl)c1. The first-order valence-electron chi connectivity index (χ1n) is 7.02. The topological polar surface area (TPSA) is 48.1 Å². The van der Waals surface area contributed by atoms with Gasteiger partial charge in [-0.25, -0.2) is 4.39 Å². The van der Waals surface area contributed by atoms with Crippen molar-refractivity contribution in [3.63, 3.8) is 0 Å². The number of anilines is 2. The number of rotatable bonds is 2. The van der Waals surface area contributed by atoms with Crippen LogP contribution in [0.5, 0.6) is 0 Å². The summed E-state index contributed by atoms with van der Waals surface area (Å²) in [7, 11) is 0. The van der Waals surface area contributed by atoms with Crippen molar-refractivity contribution in [2.75, 3.05) is 10.6 Å². The minimum absolute atomic E-state index is 0.177. The molecule has 2 aromatic carbocycles. The summed E-state index contributed by atoms with van der Waals surface area (Å²) in [6.07, 6.45) is 0. The fourth-order valence-electron chi connectivity index (χ4n) is 2.05. The van der Waals surface area contributed by atoms with Crippen LogP contribution >= 0.6 is 36.0 Å². The lowest BCUT2D eigenvalue weighted by Crippen LogP contribution is -2.45. The van der Waals surface area contributed by atoms with Crippen LogP contribution in [0.25, 0.3) is 0 Å². The van der Waals surface area contributed by atoms with E-state index >= 15 is 0 Å². The second kappa shape index (κ2) is 8.23. The molecule has 0 saturated carbocycles. The van der Waals surface area contributed by atoms with Crippen molar-refractivity contribution in [2.24, 2.45) is 0 Å². The molecule has 0 bridgehead atoms. The molecular weight excluding hydrogens is 367 g/mol. The molecular formula is C16H16ClFN4S2. The molecule has 0 aliphatic heterocycles. The highest BCUT2D eigenvalue weighted by atomic mass is 35.5. The smallest absolute Gasteiger partial charge is 0.189 e. The lowest BCUT2D eigenvalue weighted by Gasteiger charge is -2.16. The van der Waals surface area contributed by atoms with Crippen molar-refractivity contribution < 1.29 is 4.39 Å². The van der Waals surface area contributed by atoms with Gasteiger partial charge in [-0.2, -0.15) is 0 Å². The molecule has 0 saturated heterocycles. The van der Waals surface area contributed by atoms with Gasteiger partial charge in [0.1, 0.15) is 5.82 Å². The molecule has 0 aromatic heterocycles. The fraction of sp³-hybridized carbons (Fsp3) is 0.125. The summed E-state index contributed by atoms with van der Waals surface area (Å²) in [6, 6.07) is 10.1. The van der Waals surface area contributed by atoms with E-state index in [2.05, 4.69) is 21.5 Å². The molecule has 0 aliphatic carbocycles. The Hall–Kier alpha value is -1.96. The number of hydrazine groups is 1. The zero-order valence-electron chi connectivity index (χ0n) is 13.0. The summed E-state index contributed by atoms with van der Waals surface area (Å²) in [4.78, 5) is 0. The number of aryl methyl sites for hydroxylation is 2. The highest BCUT2D eigenvalue weighted by Crippen LogP contribution is 2.27. The van der Waals surface area contributed by atoms with Crippen molar-refractivity contribution in [1.29, 1.82) is 0 Å². The minimum atomic E-state index is -0.399. The molecule has 0 radical (unpaired) electrons. The average molecular weight is 383 g/mol. The minimum Gasteiger partial charge on any atom is -0.330 e. The first-order valence-corrected chi connectivity index (χ1v) is 8.21. The van der Waals surface area contributed by atoms with E-state index in [1.54, 1.807) is 18.2 Å². The number of hydrogen-bond donors (Lipinski definition) is 4. The lowest BCUT2D eigenvalue weighted by atomic mass is 10.1. The third-order valence-electron chi connectivity index (χ3n) is 3.08. The Morgan fingerprint density at radius 3 is 2.25 bits per heavy atom. The summed E-state index contributed by atoms with van der Waals surface area (Å²) in [5.41, 5.74) is 8.43. The molecule has 126 valence electrons. The van der Waals surface area contributed by atoms with Gasteiger partial charge in [0, 0.05) is 0 Å². The number of benzene rings is 2. The summed E-state index contributed by atoms with van der Waals surface area (Å²) in [5.74, 6) is -0.399. The van der Waals surface area contributed by atoms with E-state index in [1.807, 2.05) is 26.0 Å². The largest absolute Gasteiger partial charge is 0.330 e. The Morgan fingerprint density at radius 1 is 1.00 bits per heavy atom. The van der Waals surface area contributed by atoms with Crippen molar-refractivity contribution >= 4 is 57.6 Å². The van der Waals surface area contributed by atoms with Gasteiger partial charge in [-0.3, -0.25) is 10.9 Å².